The molecule has 1 atom stereocenters. The summed E-state index contributed by atoms with van der Waals surface area (Å²) < 4.78 is 5.49. The quantitative estimate of drug-likeness (QED) is 0.857. The van der Waals surface area contributed by atoms with E-state index in [-0.39, 0.29) is 6.04 Å². The Morgan fingerprint density at radius 1 is 1.05 bits per heavy atom. The molecule has 1 unspecified atom stereocenters. The molecule has 0 aromatic heterocycles. The van der Waals surface area contributed by atoms with Crippen LogP contribution in [0.25, 0.3) is 0 Å². The summed E-state index contributed by atoms with van der Waals surface area (Å²) in [5, 5.41) is 3.58. The van der Waals surface area contributed by atoms with E-state index in [2.05, 4.69) is 68.6 Å². The largest absolute Gasteiger partial charge is 0.496 e. The summed E-state index contributed by atoms with van der Waals surface area (Å²) in [6.45, 7) is 7.37. The molecular formula is C19H25NO. The molecule has 0 saturated heterocycles. The minimum atomic E-state index is 0.283. The number of hydrogen-bond acceptors (Lipinski definition) is 2. The van der Waals surface area contributed by atoms with Gasteiger partial charge in [-0.05, 0) is 50.9 Å². The van der Waals surface area contributed by atoms with Crippen LogP contribution in [0.1, 0.15) is 35.2 Å². The number of nitrogens with one attached hydrogen (secondary N) is 1. The fraction of sp³-hybridized carbons (Fsp3) is 0.368. The monoisotopic (exact) mass is 283 g/mol. The van der Waals surface area contributed by atoms with E-state index in [1.54, 1.807) is 7.11 Å². The Morgan fingerprint density at radius 3 is 2.52 bits per heavy atom. The molecule has 2 aromatic rings. The predicted octanol–water partition coefficient (Wildman–Crippen LogP) is 4.21. The summed E-state index contributed by atoms with van der Waals surface area (Å²) >= 11 is 0. The van der Waals surface area contributed by atoms with Gasteiger partial charge in [0.2, 0.25) is 0 Å². The van der Waals surface area contributed by atoms with E-state index >= 15 is 0 Å². The van der Waals surface area contributed by atoms with Crippen LogP contribution in [0, 0.1) is 13.8 Å². The third-order valence-electron chi connectivity index (χ3n) is 3.80. The number of benzene rings is 2. The van der Waals surface area contributed by atoms with E-state index in [0.717, 1.165) is 18.7 Å². The number of hydrogen-bond donors (Lipinski definition) is 1. The number of rotatable bonds is 6. The minimum Gasteiger partial charge on any atom is -0.496 e. The predicted molar refractivity (Wildman–Crippen MR) is 89.0 cm³/mol. The number of methoxy groups -OCH3 is 1. The molecule has 2 nitrogen and oxygen atoms in total. The zero-order valence-corrected chi connectivity index (χ0v) is 13.4. The highest BCUT2D eigenvalue weighted by molar-refractivity contribution is 5.39. The SMILES string of the molecule is COc1cc(C)ccc1C(C)NCCc1cccc(C)c1. The van der Waals surface area contributed by atoms with Gasteiger partial charge < -0.3 is 10.1 Å². The van der Waals surface area contributed by atoms with Gasteiger partial charge in [0.1, 0.15) is 5.75 Å². The highest BCUT2D eigenvalue weighted by atomic mass is 16.5. The molecule has 1 N–H and O–H groups in total. The van der Waals surface area contributed by atoms with Crippen LogP contribution in [0.5, 0.6) is 5.75 Å². The van der Waals surface area contributed by atoms with E-state index in [4.69, 9.17) is 4.74 Å². The highest BCUT2D eigenvalue weighted by Gasteiger charge is 2.10. The number of aryl methyl sites for hydroxylation is 2. The van der Waals surface area contributed by atoms with E-state index in [1.165, 1.54) is 22.3 Å². The molecule has 0 aliphatic heterocycles. The van der Waals surface area contributed by atoms with Gasteiger partial charge in [0, 0.05) is 11.6 Å². The molecule has 0 saturated carbocycles. The van der Waals surface area contributed by atoms with Crippen molar-refractivity contribution in [1.82, 2.24) is 5.32 Å². The first-order valence-corrected chi connectivity index (χ1v) is 7.53. The summed E-state index contributed by atoms with van der Waals surface area (Å²) in [6.07, 6.45) is 1.04. The van der Waals surface area contributed by atoms with Crippen LogP contribution in [-0.4, -0.2) is 13.7 Å². The van der Waals surface area contributed by atoms with Gasteiger partial charge in [-0.3, -0.25) is 0 Å². The zero-order valence-electron chi connectivity index (χ0n) is 13.4. The lowest BCUT2D eigenvalue weighted by Gasteiger charge is -2.18. The van der Waals surface area contributed by atoms with Gasteiger partial charge in [0.05, 0.1) is 7.11 Å². The second-order valence-electron chi connectivity index (χ2n) is 5.66. The average molecular weight is 283 g/mol. The lowest BCUT2D eigenvalue weighted by molar-refractivity contribution is 0.401. The molecule has 112 valence electrons. The first-order valence-electron chi connectivity index (χ1n) is 7.53. The van der Waals surface area contributed by atoms with Crippen molar-refractivity contribution in [2.75, 3.05) is 13.7 Å². The average Bonchev–Trinajstić information content (AvgIpc) is 2.47. The highest BCUT2D eigenvalue weighted by Crippen LogP contribution is 2.25. The normalized spacial score (nSPS) is 12.2. The van der Waals surface area contributed by atoms with E-state index in [1.807, 2.05) is 0 Å². The van der Waals surface area contributed by atoms with Crippen LogP contribution in [-0.2, 0) is 6.42 Å². The van der Waals surface area contributed by atoms with Crippen LogP contribution in [0.4, 0.5) is 0 Å². The molecule has 21 heavy (non-hydrogen) atoms. The van der Waals surface area contributed by atoms with Crippen LogP contribution in [0.2, 0.25) is 0 Å². The van der Waals surface area contributed by atoms with Crippen molar-refractivity contribution in [1.29, 1.82) is 0 Å². The number of ether oxygens (including phenoxy) is 1. The van der Waals surface area contributed by atoms with Gasteiger partial charge in [0.25, 0.3) is 0 Å². The molecule has 2 aromatic carbocycles. The van der Waals surface area contributed by atoms with Crippen molar-refractivity contribution in [3.8, 4) is 5.75 Å². The molecule has 0 spiro atoms. The topological polar surface area (TPSA) is 21.3 Å². The molecule has 0 aliphatic rings. The fourth-order valence-electron chi connectivity index (χ4n) is 2.59. The second-order valence-corrected chi connectivity index (χ2v) is 5.66. The van der Waals surface area contributed by atoms with Gasteiger partial charge in [-0.1, -0.05) is 42.0 Å². The Balaban J connectivity index is 1.94. The van der Waals surface area contributed by atoms with Gasteiger partial charge >= 0.3 is 0 Å². The smallest absolute Gasteiger partial charge is 0.123 e. The first-order chi connectivity index (χ1) is 10.1. The van der Waals surface area contributed by atoms with Crippen LogP contribution in [0.3, 0.4) is 0 Å². The standard InChI is InChI=1S/C19H25NO/c1-14-6-5-7-17(12-14)10-11-20-16(3)18-9-8-15(2)13-19(18)21-4/h5-9,12-13,16,20H,10-11H2,1-4H3. The fourth-order valence-corrected chi connectivity index (χ4v) is 2.59. The summed E-state index contributed by atoms with van der Waals surface area (Å²) in [5.41, 5.74) is 5.14. The maximum absolute atomic E-state index is 5.49. The molecule has 0 amide bonds. The van der Waals surface area contributed by atoms with Gasteiger partial charge in [0.15, 0.2) is 0 Å². The Hall–Kier alpha value is -1.80. The molecule has 0 heterocycles. The van der Waals surface area contributed by atoms with Crippen molar-refractivity contribution in [3.05, 3.63) is 64.7 Å². The van der Waals surface area contributed by atoms with E-state index in [0.29, 0.717) is 0 Å². The Labute approximate surface area is 128 Å². The molecule has 0 bridgehead atoms. The summed E-state index contributed by atoms with van der Waals surface area (Å²) in [6, 6.07) is 15.4. The van der Waals surface area contributed by atoms with E-state index < -0.39 is 0 Å². The third kappa shape index (κ3) is 4.33. The zero-order chi connectivity index (χ0) is 15.2. The maximum atomic E-state index is 5.49. The van der Waals surface area contributed by atoms with Crippen molar-refractivity contribution < 1.29 is 4.74 Å². The van der Waals surface area contributed by atoms with Gasteiger partial charge in [-0.2, -0.15) is 0 Å². The molecule has 0 radical (unpaired) electrons. The summed E-state index contributed by atoms with van der Waals surface area (Å²) in [4.78, 5) is 0. The van der Waals surface area contributed by atoms with Gasteiger partial charge in [-0.15, -0.1) is 0 Å². The lowest BCUT2D eigenvalue weighted by Crippen LogP contribution is -2.21. The Morgan fingerprint density at radius 2 is 1.81 bits per heavy atom. The maximum Gasteiger partial charge on any atom is 0.123 e. The minimum absolute atomic E-state index is 0.283. The summed E-state index contributed by atoms with van der Waals surface area (Å²) in [5.74, 6) is 0.963. The van der Waals surface area contributed by atoms with Crippen LogP contribution < -0.4 is 10.1 Å². The van der Waals surface area contributed by atoms with Crippen molar-refractivity contribution in [2.24, 2.45) is 0 Å². The molecule has 0 fully saturated rings. The van der Waals surface area contributed by atoms with Crippen molar-refractivity contribution >= 4 is 0 Å². The first kappa shape index (κ1) is 15.6. The lowest BCUT2D eigenvalue weighted by atomic mass is 10.0. The Bertz CT molecular complexity index is 592. The van der Waals surface area contributed by atoms with Crippen LogP contribution >= 0.6 is 0 Å². The van der Waals surface area contributed by atoms with Crippen LogP contribution in [0.15, 0.2) is 42.5 Å². The van der Waals surface area contributed by atoms with Crippen molar-refractivity contribution in [2.45, 2.75) is 33.2 Å². The van der Waals surface area contributed by atoms with Gasteiger partial charge in [-0.25, -0.2) is 0 Å². The molecule has 2 rings (SSSR count). The Kier molecular flexibility index (Phi) is 5.40. The molecule has 2 heteroatoms. The second kappa shape index (κ2) is 7.28. The molecular weight excluding hydrogens is 258 g/mol. The van der Waals surface area contributed by atoms with Crippen molar-refractivity contribution in [3.63, 3.8) is 0 Å². The molecule has 0 aliphatic carbocycles. The third-order valence-corrected chi connectivity index (χ3v) is 3.80. The van der Waals surface area contributed by atoms with E-state index in [9.17, 15) is 0 Å². The summed E-state index contributed by atoms with van der Waals surface area (Å²) in [7, 11) is 1.73.